The molecule has 0 atom stereocenters. The molecule has 3 aromatic rings. The molecule has 0 saturated heterocycles. The second kappa shape index (κ2) is 7.95. The van der Waals surface area contributed by atoms with Gasteiger partial charge in [0.1, 0.15) is 6.61 Å². The zero-order valence-electron chi connectivity index (χ0n) is 13.6. The van der Waals surface area contributed by atoms with Gasteiger partial charge in [0, 0.05) is 11.8 Å². The lowest BCUT2D eigenvalue weighted by Crippen LogP contribution is -2.17. The summed E-state index contributed by atoms with van der Waals surface area (Å²) < 4.78 is 5.06. The summed E-state index contributed by atoms with van der Waals surface area (Å²) in [6, 6.07) is 20.9. The first-order valence-corrected chi connectivity index (χ1v) is 8.43. The van der Waals surface area contributed by atoms with Crippen molar-refractivity contribution in [2.75, 3.05) is 0 Å². The van der Waals surface area contributed by atoms with Crippen molar-refractivity contribution in [2.24, 2.45) is 0 Å². The number of rotatable bonds is 6. The highest BCUT2D eigenvalue weighted by molar-refractivity contribution is 6.36. The number of carbonyl (C=O) groups is 2. The molecule has 0 radical (unpaired) electrons. The van der Waals surface area contributed by atoms with E-state index in [9.17, 15) is 9.59 Å². The molecule has 0 bridgehead atoms. The van der Waals surface area contributed by atoms with E-state index in [1.807, 2.05) is 66.7 Å². The van der Waals surface area contributed by atoms with Crippen LogP contribution in [0.4, 0.5) is 0 Å². The number of halogens is 1. The molecule has 25 heavy (non-hydrogen) atoms. The molecule has 3 rings (SSSR count). The van der Waals surface area contributed by atoms with Crippen LogP contribution in [-0.4, -0.2) is 11.8 Å². The number of ketones is 1. The second-order valence-electron chi connectivity index (χ2n) is 5.74. The summed E-state index contributed by atoms with van der Waals surface area (Å²) in [6.07, 6.45) is 0.481. The van der Waals surface area contributed by atoms with Gasteiger partial charge in [0.2, 0.25) is 5.78 Å². The van der Waals surface area contributed by atoms with Crippen LogP contribution in [0, 0.1) is 0 Å². The Labute approximate surface area is 151 Å². The molecule has 0 heterocycles. The lowest BCUT2D eigenvalue weighted by molar-refractivity contribution is -0.154. The fourth-order valence-electron chi connectivity index (χ4n) is 2.63. The van der Waals surface area contributed by atoms with Crippen LogP contribution in [0.25, 0.3) is 10.8 Å². The van der Waals surface area contributed by atoms with Crippen molar-refractivity contribution in [1.29, 1.82) is 0 Å². The number of hydrogen-bond donors (Lipinski definition) is 0. The zero-order chi connectivity index (χ0) is 17.6. The first-order chi connectivity index (χ1) is 12.1. The van der Waals surface area contributed by atoms with Gasteiger partial charge < -0.3 is 4.74 Å². The van der Waals surface area contributed by atoms with E-state index >= 15 is 0 Å². The third kappa shape index (κ3) is 4.25. The summed E-state index contributed by atoms with van der Waals surface area (Å²) in [5.74, 6) is -1.35. The molecule has 0 unspecified atom stereocenters. The standard InChI is InChI=1S/C21H17ClO3/c22-20-17(11-10-16-8-4-5-9-18(16)20)12-13-19(23)21(24)25-14-15-6-2-1-3-7-15/h1-11H,12-14H2. The van der Waals surface area contributed by atoms with E-state index in [-0.39, 0.29) is 13.0 Å². The number of carbonyl (C=O) groups excluding carboxylic acids is 2. The highest BCUT2D eigenvalue weighted by Crippen LogP contribution is 2.28. The molecular formula is C21H17ClO3. The van der Waals surface area contributed by atoms with Crippen LogP contribution in [0.1, 0.15) is 17.5 Å². The number of benzene rings is 3. The molecule has 0 aromatic heterocycles. The van der Waals surface area contributed by atoms with E-state index in [1.54, 1.807) is 0 Å². The fraction of sp³-hybridized carbons (Fsp3) is 0.143. The Balaban J connectivity index is 1.58. The number of Topliss-reactive ketones (excluding diaryl/α,β-unsaturated/α-hetero) is 1. The predicted octanol–water partition coefficient (Wildman–Crippen LogP) is 4.74. The minimum atomic E-state index is -0.805. The predicted molar refractivity (Wildman–Crippen MR) is 98.5 cm³/mol. The number of fused-ring (bicyclic) bond motifs is 1. The van der Waals surface area contributed by atoms with Crippen molar-refractivity contribution in [3.63, 3.8) is 0 Å². The van der Waals surface area contributed by atoms with Crippen molar-refractivity contribution >= 4 is 34.1 Å². The summed E-state index contributed by atoms with van der Waals surface area (Å²) >= 11 is 6.42. The van der Waals surface area contributed by atoms with Gasteiger partial charge in [-0.15, -0.1) is 0 Å². The summed E-state index contributed by atoms with van der Waals surface area (Å²) in [7, 11) is 0. The van der Waals surface area contributed by atoms with Crippen LogP contribution in [0.5, 0.6) is 0 Å². The maximum absolute atomic E-state index is 12.0. The highest BCUT2D eigenvalue weighted by Gasteiger charge is 2.16. The monoisotopic (exact) mass is 352 g/mol. The van der Waals surface area contributed by atoms with Crippen LogP contribution < -0.4 is 0 Å². The Bertz CT molecular complexity index is 903. The Morgan fingerprint density at radius 2 is 1.60 bits per heavy atom. The van der Waals surface area contributed by atoms with E-state index in [0.29, 0.717) is 11.4 Å². The number of aryl methyl sites for hydroxylation is 1. The van der Waals surface area contributed by atoms with Gasteiger partial charge in [-0.05, 0) is 22.9 Å². The topological polar surface area (TPSA) is 43.4 Å². The second-order valence-corrected chi connectivity index (χ2v) is 6.12. The molecule has 4 heteroatoms. The molecule has 3 aromatic carbocycles. The Morgan fingerprint density at radius 3 is 2.40 bits per heavy atom. The van der Waals surface area contributed by atoms with E-state index in [2.05, 4.69) is 0 Å². The van der Waals surface area contributed by atoms with Crippen LogP contribution in [0.15, 0.2) is 66.7 Å². The molecule has 3 nitrogen and oxygen atoms in total. The van der Waals surface area contributed by atoms with Crippen LogP contribution in [0.3, 0.4) is 0 Å². The Kier molecular flexibility index (Phi) is 5.46. The lowest BCUT2D eigenvalue weighted by Gasteiger charge is -2.08. The molecule has 0 aliphatic rings. The molecule has 126 valence electrons. The summed E-state index contributed by atoms with van der Waals surface area (Å²) in [5, 5.41) is 2.62. The van der Waals surface area contributed by atoms with Crippen molar-refractivity contribution in [2.45, 2.75) is 19.4 Å². The first-order valence-electron chi connectivity index (χ1n) is 8.05. The molecule has 0 fully saturated rings. The maximum Gasteiger partial charge on any atom is 0.374 e. The van der Waals surface area contributed by atoms with Gasteiger partial charge in [0.15, 0.2) is 0 Å². The fourth-order valence-corrected chi connectivity index (χ4v) is 2.96. The van der Waals surface area contributed by atoms with Crippen molar-refractivity contribution in [1.82, 2.24) is 0 Å². The van der Waals surface area contributed by atoms with Gasteiger partial charge in [-0.25, -0.2) is 4.79 Å². The number of hydrogen-bond acceptors (Lipinski definition) is 3. The Hall–Kier alpha value is -2.65. The van der Waals surface area contributed by atoms with Crippen LogP contribution >= 0.6 is 11.6 Å². The summed E-state index contributed by atoms with van der Waals surface area (Å²) in [4.78, 5) is 23.8. The van der Waals surface area contributed by atoms with Gasteiger partial charge in [-0.2, -0.15) is 0 Å². The van der Waals surface area contributed by atoms with Gasteiger partial charge in [0.05, 0.1) is 5.02 Å². The highest BCUT2D eigenvalue weighted by atomic mass is 35.5. The number of esters is 1. The van der Waals surface area contributed by atoms with E-state index in [1.165, 1.54) is 0 Å². The minimum absolute atomic E-state index is 0.0751. The summed E-state index contributed by atoms with van der Waals surface area (Å²) in [5.41, 5.74) is 1.70. The van der Waals surface area contributed by atoms with Crippen molar-refractivity contribution in [3.8, 4) is 0 Å². The first kappa shape index (κ1) is 17.2. The van der Waals surface area contributed by atoms with E-state index < -0.39 is 11.8 Å². The largest absolute Gasteiger partial charge is 0.455 e. The molecule has 0 aliphatic heterocycles. The normalized spacial score (nSPS) is 10.6. The Morgan fingerprint density at radius 1 is 0.880 bits per heavy atom. The quantitative estimate of drug-likeness (QED) is 0.475. The molecule has 0 amide bonds. The van der Waals surface area contributed by atoms with Gasteiger partial charge in [-0.1, -0.05) is 78.3 Å². The van der Waals surface area contributed by atoms with Crippen LogP contribution in [-0.2, 0) is 27.4 Å². The average Bonchev–Trinajstić information content (AvgIpc) is 2.66. The molecule has 0 spiro atoms. The third-order valence-corrected chi connectivity index (χ3v) is 4.45. The van der Waals surface area contributed by atoms with Gasteiger partial charge in [-0.3, -0.25) is 4.79 Å². The van der Waals surface area contributed by atoms with Gasteiger partial charge in [0.25, 0.3) is 0 Å². The van der Waals surface area contributed by atoms with E-state index in [0.717, 1.165) is 21.9 Å². The van der Waals surface area contributed by atoms with Crippen molar-refractivity contribution < 1.29 is 14.3 Å². The van der Waals surface area contributed by atoms with Crippen LogP contribution in [0.2, 0.25) is 5.02 Å². The minimum Gasteiger partial charge on any atom is -0.455 e. The molecular weight excluding hydrogens is 336 g/mol. The SMILES string of the molecule is O=C(CCc1ccc2ccccc2c1Cl)C(=O)OCc1ccccc1. The molecule has 0 saturated carbocycles. The lowest BCUT2D eigenvalue weighted by atomic mass is 10.0. The summed E-state index contributed by atoms with van der Waals surface area (Å²) in [6.45, 7) is 0.0993. The van der Waals surface area contributed by atoms with E-state index in [4.69, 9.17) is 16.3 Å². The number of ether oxygens (including phenoxy) is 1. The van der Waals surface area contributed by atoms with Gasteiger partial charge >= 0.3 is 5.97 Å². The maximum atomic E-state index is 12.0. The molecule has 0 aliphatic carbocycles. The molecule has 0 N–H and O–H groups in total. The zero-order valence-corrected chi connectivity index (χ0v) is 14.3. The smallest absolute Gasteiger partial charge is 0.374 e. The average molecular weight is 353 g/mol. The van der Waals surface area contributed by atoms with Crippen molar-refractivity contribution in [3.05, 3.63) is 82.9 Å². The third-order valence-electron chi connectivity index (χ3n) is 4.01.